The van der Waals surface area contributed by atoms with Crippen molar-refractivity contribution >= 4 is 35.3 Å². The van der Waals surface area contributed by atoms with Crippen LogP contribution in [0.3, 0.4) is 0 Å². The van der Waals surface area contributed by atoms with E-state index in [0.717, 1.165) is 5.52 Å². The van der Waals surface area contributed by atoms with Gasteiger partial charge in [-0.3, -0.25) is 9.36 Å². The fourth-order valence-electron chi connectivity index (χ4n) is 1.97. The van der Waals surface area contributed by atoms with Gasteiger partial charge in [-0.25, -0.2) is 0 Å². The highest BCUT2D eigenvalue weighted by Crippen LogP contribution is 2.17. The van der Waals surface area contributed by atoms with Gasteiger partial charge in [-0.15, -0.1) is 0 Å². The highest BCUT2D eigenvalue weighted by Gasteiger charge is 2.04. The summed E-state index contributed by atoms with van der Waals surface area (Å²) >= 11 is 5.16. The molecule has 0 aliphatic carbocycles. The van der Waals surface area contributed by atoms with Gasteiger partial charge in [0.25, 0.3) is 4.84 Å². The van der Waals surface area contributed by atoms with Crippen molar-refractivity contribution in [2.24, 2.45) is 0 Å². The maximum absolute atomic E-state index is 12.0. The lowest BCUT2D eigenvalue weighted by atomic mass is 10.1. The summed E-state index contributed by atoms with van der Waals surface area (Å²) in [7, 11) is 0. The van der Waals surface area contributed by atoms with Crippen LogP contribution in [0.1, 0.15) is 10.4 Å². The minimum absolute atomic E-state index is 0.0715. The summed E-state index contributed by atoms with van der Waals surface area (Å²) in [4.78, 5) is 12.3. The van der Waals surface area contributed by atoms with E-state index in [0.29, 0.717) is 16.0 Å². The van der Waals surface area contributed by atoms with E-state index in [-0.39, 0.29) is 5.78 Å². The minimum atomic E-state index is -0.0715. The van der Waals surface area contributed by atoms with Crippen LogP contribution in [-0.2, 0) is 0 Å². The number of hydrogen-bond donors (Lipinski definition) is 0. The Morgan fingerprint density at radius 1 is 1.05 bits per heavy atom. The average molecular weight is 281 g/mol. The molecule has 3 aromatic rings. The molecular weight excluding hydrogens is 270 g/mol. The lowest BCUT2D eigenvalue weighted by molar-refractivity contribution is 0.104. The van der Waals surface area contributed by atoms with Crippen LogP contribution in [0, 0.1) is 4.84 Å². The van der Waals surface area contributed by atoms with E-state index < -0.39 is 0 Å². The van der Waals surface area contributed by atoms with Gasteiger partial charge in [0.1, 0.15) is 0 Å². The van der Waals surface area contributed by atoms with Gasteiger partial charge in [0.05, 0.1) is 5.52 Å². The lowest BCUT2D eigenvalue weighted by Crippen LogP contribution is -1.94. The van der Waals surface area contributed by atoms with E-state index in [4.69, 9.17) is 16.6 Å². The third-order valence-corrected chi connectivity index (χ3v) is 3.23. The molecule has 0 saturated heterocycles. The summed E-state index contributed by atoms with van der Waals surface area (Å²) in [5.41, 5.74) is 2.19. The van der Waals surface area contributed by atoms with Crippen molar-refractivity contribution in [2.45, 2.75) is 0 Å². The van der Waals surface area contributed by atoms with Gasteiger partial charge in [0.2, 0.25) is 0 Å². The number of nitrogens with zero attached hydrogens (tertiary/aromatic N) is 1. The smallest absolute Gasteiger partial charge is 0.273 e. The number of hydrogen-bond acceptors (Lipinski definition) is 3. The fraction of sp³-hybridized carbons (Fsp3) is 0. The van der Waals surface area contributed by atoms with E-state index in [2.05, 4.69) is 0 Å². The van der Waals surface area contributed by atoms with Crippen LogP contribution in [0.4, 0.5) is 0 Å². The Balaban J connectivity index is 1.97. The first-order chi connectivity index (χ1) is 9.75. The quantitative estimate of drug-likeness (QED) is 0.407. The van der Waals surface area contributed by atoms with Crippen molar-refractivity contribution in [3.05, 3.63) is 71.1 Å². The molecule has 98 valence electrons. The molecular formula is C16H11NO2S. The third-order valence-electron chi connectivity index (χ3n) is 2.95. The monoisotopic (exact) mass is 281 g/mol. The topological polar surface area (TPSA) is 35.1 Å². The number of fused-ring (bicyclic) bond motifs is 1. The molecule has 0 N–H and O–H groups in total. The second kappa shape index (κ2) is 5.27. The molecule has 3 nitrogen and oxygen atoms in total. The van der Waals surface area contributed by atoms with Crippen molar-refractivity contribution in [2.75, 3.05) is 0 Å². The van der Waals surface area contributed by atoms with Gasteiger partial charge in [-0.2, -0.15) is 0 Å². The van der Waals surface area contributed by atoms with Gasteiger partial charge in [0, 0.05) is 17.8 Å². The Morgan fingerprint density at radius 2 is 1.75 bits per heavy atom. The Hall–Kier alpha value is -2.46. The summed E-state index contributed by atoms with van der Waals surface area (Å²) in [6.45, 7) is 0. The summed E-state index contributed by atoms with van der Waals surface area (Å²) in [5.74, 6) is -0.0715. The fourth-order valence-corrected chi connectivity index (χ4v) is 2.22. The van der Waals surface area contributed by atoms with Crippen LogP contribution in [-0.4, -0.2) is 10.4 Å². The number of carbonyl (C=O) groups is 1. The van der Waals surface area contributed by atoms with Crippen LogP contribution >= 0.6 is 12.2 Å². The highest BCUT2D eigenvalue weighted by molar-refractivity contribution is 7.71. The standard InChI is InChI=1S/C16H11NO2S/c18-14(12-6-2-1-3-7-12)10-11-17-13-8-4-5-9-15(13)19-16(17)20/h1-11H. The first kappa shape index (κ1) is 12.6. The number of carbonyl (C=O) groups excluding carboxylic acids is 1. The molecule has 3 rings (SSSR count). The predicted octanol–water partition coefficient (Wildman–Crippen LogP) is 4.32. The normalized spacial score (nSPS) is 11.2. The van der Waals surface area contributed by atoms with Gasteiger partial charge in [0.15, 0.2) is 11.4 Å². The number of oxazole rings is 1. The second-order valence-corrected chi connectivity index (χ2v) is 4.60. The summed E-state index contributed by atoms with van der Waals surface area (Å²) in [5, 5.41) is 0. The van der Waals surface area contributed by atoms with Crippen LogP contribution in [0.2, 0.25) is 0 Å². The SMILES string of the molecule is O=C(C=Cn1c(=S)oc2ccccc21)c1ccccc1. The molecule has 20 heavy (non-hydrogen) atoms. The van der Waals surface area contributed by atoms with Crippen LogP contribution in [0.25, 0.3) is 17.3 Å². The van der Waals surface area contributed by atoms with Crippen molar-refractivity contribution in [1.82, 2.24) is 4.57 Å². The van der Waals surface area contributed by atoms with Gasteiger partial charge in [-0.05, 0) is 24.4 Å². The number of allylic oxidation sites excluding steroid dienone is 1. The zero-order valence-electron chi connectivity index (χ0n) is 10.5. The molecule has 0 aliphatic heterocycles. The molecule has 0 radical (unpaired) electrons. The first-order valence-corrected chi connectivity index (χ1v) is 6.54. The van der Waals surface area contributed by atoms with Crippen LogP contribution in [0.5, 0.6) is 0 Å². The van der Waals surface area contributed by atoms with E-state index in [1.165, 1.54) is 6.08 Å². The Bertz CT molecular complexity index is 844. The number of para-hydroxylation sites is 2. The number of rotatable bonds is 3. The molecule has 1 heterocycles. The predicted molar refractivity (Wildman–Crippen MR) is 81.1 cm³/mol. The zero-order valence-corrected chi connectivity index (χ0v) is 11.3. The molecule has 0 aliphatic rings. The van der Waals surface area contributed by atoms with Crippen molar-refractivity contribution < 1.29 is 9.21 Å². The van der Waals surface area contributed by atoms with E-state index in [1.807, 2.05) is 42.5 Å². The Labute approximate surface area is 120 Å². The van der Waals surface area contributed by atoms with Crippen LogP contribution in [0.15, 0.2) is 65.1 Å². The first-order valence-electron chi connectivity index (χ1n) is 6.13. The molecule has 0 amide bonds. The van der Waals surface area contributed by atoms with Crippen molar-refractivity contribution in [1.29, 1.82) is 0 Å². The maximum Gasteiger partial charge on any atom is 0.273 e. The zero-order chi connectivity index (χ0) is 13.9. The van der Waals surface area contributed by atoms with Gasteiger partial charge >= 0.3 is 0 Å². The minimum Gasteiger partial charge on any atom is -0.429 e. The molecule has 0 bridgehead atoms. The molecule has 4 heteroatoms. The molecule has 0 unspecified atom stereocenters. The Morgan fingerprint density at radius 3 is 2.55 bits per heavy atom. The van der Waals surface area contributed by atoms with E-state index >= 15 is 0 Å². The highest BCUT2D eigenvalue weighted by atomic mass is 32.1. The van der Waals surface area contributed by atoms with Gasteiger partial charge in [-0.1, -0.05) is 42.5 Å². The number of benzene rings is 2. The van der Waals surface area contributed by atoms with Gasteiger partial charge < -0.3 is 4.42 Å². The molecule has 0 fully saturated rings. The summed E-state index contributed by atoms with van der Waals surface area (Å²) in [6.07, 6.45) is 3.14. The Kier molecular flexibility index (Phi) is 3.31. The molecule has 0 atom stereocenters. The number of aromatic nitrogens is 1. The molecule has 2 aromatic carbocycles. The van der Waals surface area contributed by atoms with Crippen molar-refractivity contribution in [3.63, 3.8) is 0 Å². The largest absolute Gasteiger partial charge is 0.429 e. The lowest BCUT2D eigenvalue weighted by Gasteiger charge is -1.96. The second-order valence-electron chi connectivity index (χ2n) is 4.25. The molecule has 0 spiro atoms. The summed E-state index contributed by atoms with van der Waals surface area (Å²) in [6, 6.07) is 16.6. The van der Waals surface area contributed by atoms with E-state index in [9.17, 15) is 4.79 Å². The average Bonchev–Trinajstić information content (AvgIpc) is 2.81. The molecule has 0 saturated carbocycles. The summed E-state index contributed by atoms with van der Waals surface area (Å²) < 4.78 is 7.14. The maximum atomic E-state index is 12.0. The van der Waals surface area contributed by atoms with Crippen molar-refractivity contribution in [3.8, 4) is 0 Å². The number of ketones is 1. The molecule has 1 aromatic heterocycles. The third kappa shape index (κ3) is 2.33. The van der Waals surface area contributed by atoms with E-state index in [1.54, 1.807) is 22.9 Å². The van der Waals surface area contributed by atoms with Crippen LogP contribution < -0.4 is 0 Å².